The average Bonchev–Trinajstić information content (AvgIpc) is 3.31. The van der Waals surface area contributed by atoms with Gasteiger partial charge in [-0.3, -0.25) is 4.79 Å². The standard InChI is InChI=1S/C25H29N3O5S/c1-4-7-22(29)27-14-16-28(17-15-27)25-24(34(30,31)19-12-10-18(2)11-13-19)26-23(33-25)20-8-5-6-9-21(20)32-3/h5-6,8-13H,4,7,14-17H2,1-3H3. The van der Waals surface area contributed by atoms with Crippen LogP contribution in [0.15, 0.2) is 62.9 Å². The summed E-state index contributed by atoms with van der Waals surface area (Å²) in [6, 6.07) is 13.8. The summed E-state index contributed by atoms with van der Waals surface area (Å²) in [5.74, 6) is 0.998. The van der Waals surface area contributed by atoms with E-state index in [-0.39, 0.29) is 27.6 Å². The third kappa shape index (κ3) is 4.65. The van der Waals surface area contributed by atoms with Gasteiger partial charge in [0.25, 0.3) is 0 Å². The Labute approximate surface area is 200 Å². The molecule has 180 valence electrons. The summed E-state index contributed by atoms with van der Waals surface area (Å²) in [6.45, 7) is 5.77. The summed E-state index contributed by atoms with van der Waals surface area (Å²) in [6.07, 6.45) is 1.30. The van der Waals surface area contributed by atoms with Gasteiger partial charge in [-0.05, 0) is 37.6 Å². The smallest absolute Gasteiger partial charge is 0.236 e. The molecule has 4 rings (SSSR count). The predicted molar refractivity (Wildman–Crippen MR) is 129 cm³/mol. The first kappa shape index (κ1) is 23.8. The van der Waals surface area contributed by atoms with Gasteiger partial charge in [-0.25, -0.2) is 8.42 Å². The maximum atomic E-state index is 13.6. The van der Waals surface area contributed by atoms with Crippen molar-refractivity contribution in [2.24, 2.45) is 0 Å². The molecular weight excluding hydrogens is 454 g/mol. The van der Waals surface area contributed by atoms with Gasteiger partial charge in [-0.15, -0.1) is 0 Å². The number of amides is 1. The van der Waals surface area contributed by atoms with Crippen LogP contribution in [0.25, 0.3) is 11.5 Å². The average molecular weight is 484 g/mol. The molecule has 1 fully saturated rings. The summed E-state index contributed by atoms with van der Waals surface area (Å²) in [4.78, 5) is 20.6. The number of para-hydroxylation sites is 1. The molecule has 2 aromatic carbocycles. The zero-order valence-corrected chi connectivity index (χ0v) is 20.5. The van der Waals surface area contributed by atoms with Crippen molar-refractivity contribution in [2.75, 3.05) is 38.2 Å². The number of sulfone groups is 1. The summed E-state index contributed by atoms with van der Waals surface area (Å²) in [5, 5.41) is -0.134. The van der Waals surface area contributed by atoms with Crippen LogP contribution in [-0.4, -0.2) is 57.5 Å². The topological polar surface area (TPSA) is 92.9 Å². The van der Waals surface area contributed by atoms with Crippen LogP contribution in [0.5, 0.6) is 5.75 Å². The molecule has 0 bridgehead atoms. The van der Waals surface area contributed by atoms with Crippen LogP contribution in [0.1, 0.15) is 25.3 Å². The molecule has 9 heteroatoms. The number of methoxy groups -OCH3 is 1. The molecule has 0 radical (unpaired) electrons. The molecule has 0 unspecified atom stereocenters. The molecule has 0 aliphatic carbocycles. The molecule has 0 saturated carbocycles. The van der Waals surface area contributed by atoms with Crippen molar-refractivity contribution in [1.82, 2.24) is 9.88 Å². The molecule has 0 N–H and O–H groups in total. The lowest BCUT2D eigenvalue weighted by Gasteiger charge is -2.34. The molecule has 3 aromatic rings. The fourth-order valence-corrected chi connectivity index (χ4v) is 5.29. The third-order valence-corrected chi connectivity index (χ3v) is 7.55. The second-order valence-corrected chi connectivity index (χ2v) is 10.1. The van der Waals surface area contributed by atoms with E-state index >= 15 is 0 Å². The predicted octanol–water partition coefficient (Wildman–Crippen LogP) is 3.94. The minimum absolute atomic E-state index is 0.113. The molecule has 1 amide bonds. The summed E-state index contributed by atoms with van der Waals surface area (Å²) >= 11 is 0. The molecule has 1 aliphatic rings. The van der Waals surface area contributed by atoms with Crippen molar-refractivity contribution in [3.8, 4) is 17.2 Å². The minimum Gasteiger partial charge on any atom is -0.496 e. The van der Waals surface area contributed by atoms with E-state index in [1.165, 1.54) is 0 Å². The van der Waals surface area contributed by atoms with Gasteiger partial charge in [0.15, 0.2) is 0 Å². The lowest BCUT2D eigenvalue weighted by molar-refractivity contribution is -0.131. The van der Waals surface area contributed by atoms with Crippen molar-refractivity contribution in [1.29, 1.82) is 0 Å². The maximum Gasteiger partial charge on any atom is 0.236 e. The number of anilines is 1. The highest BCUT2D eigenvalue weighted by atomic mass is 32.2. The molecular formula is C25H29N3O5S. The lowest BCUT2D eigenvalue weighted by Crippen LogP contribution is -2.48. The van der Waals surface area contributed by atoms with E-state index in [9.17, 15) is 13.2 Å². The Morgan fingerprint density at radius 3 is 2.38 bits per heavy atom. The molecule has 2 heterocycles. The van der Waals surface area contributed by atoms with Crippen LogP contribution in [0, 0.1) is 6.92 Å². The second-order valence-electron chi connectivity index (χ2n) is 8.26. The molecule has 1 aromatic heterocycles. The number of aromatic nitrogens is 1. The summed E-state index contributed by atoms with van der Waals surface area (Å²) in [5.41, 5.74) is 1.52. The van der Waals surface area contributed by atoms with Crippen LogP contribution in [-0.2, 0) is 14.6 Å². The Morgan fingerprint density at radius 1 is 1.06 bits per heavy atom. The highest BCUT2D eigenvalue weighted by Gasteiger charge is 2.33. The van der Waals surface area contributed by atoms with Crippen LogP contribution < -0.4 is 9.64 Å². The second kappa shape index (κ2) is 9.89. The first-order chi connectivity index (χ1) is 16.3. The number of hydrogen-bond acceptors (Lipinski definition) is 7. The summed E-state index contributed by atoms with van der Waals surface area (Å²) < 4.78 is 38.8. The fraction of sp³-hybridized carbons (Fsp3) is 0.360. The molecule has 1 saturated heterocycles. The molecule has 0 atom stereocenters. The SMILES string of the molecule is CCCC(=O)N1CCN(c2oc(-c3ccccc3OC)nc2S(=O)(=O)c2ccc(C)cc2)CC1. The van der Waals surface area contributed by atoms with Crippen molar-refractivity contribution in [3.63, 3.8) is 0 Å². The van der Waals surface area contributed by atoms with E-state index in [2.05, 4.69) is 4.98 Å². The van der Waals surface area contributed by atoms with Gasteiger partial charge < -0.3 is 19.0 Å². The van der Waals surface area contributed by atoms with E-state index in [1.54, 1.807) is 43.5 Å². The van der Waals surface area contributed by atoms with E-state index in [0.717, 1.165) is 12.0 Å². The first-order valence-corrected chi connectivity index (χ1v) is 12.8. The van der Waals surface area contributed by atoms with E-state index in [1.807, 2.05) is 35.8 Å². The molecule has 1 aliphatic heterocycles. The fourth-order valence-electron chi connectivity index (χ4n) is 3.97. The van der Waals surface area contributed by atoms with Gasteiger partial charge in [-0.2, -0.15) is 4.98 Å². The van der Waals surface area contributed by atoms with Crippen molar-refractivity contribution >= 4 is 21.6 Å². The third-order valence-electron chi connectivity index (χ3n) is 5.89. The van der Waals surface area contributed by atoms with E-state index < -0.39 is 9.84 Å². The van der Waals surface area contributed by atoms with Crippen molar-refractivity contribution in [2.45, 2.75) is 36.6 Å². The molecule has 34 heavy (non-hydrogen) atoms. The van der Waals surface area contributed by atoms with Gasteiger partial charge in [0.05, 0.1) is 17.6 Å². The number of carbonyl (C=O) groups is 1. The van der Waals surface area contributed by atoms with Crippen molar-refractivity contribution in [3.05, 3.63) is 54.1 Å². The van der Waals surface area contributed by atoms with E-state index in [4.69, 9.17) is 9.15 Å². The van der Waals surface area contributed by atoms with Gasteiger partial charge in [-0.1, -0.05) is 36.8 Å². The number of nitrogens with zero attached hydrogens (tertiary/aromatic N) is 3. The Balaban J connectivity index is 1.75. The van der Waals surface area contributed by atoms with Gasteiger partial charge in [0.2, 0.25) is 32.5 Å². The summed E-state index contributed by atoms with van der Waals surface area (Å²) in [7, 11) is -2.41. The zero-order valence-electron chi connectivity index (χ0n) is 19.7. The Morgan fingerprint density at radius 2 is 1.74 bits per heavy atom. The number of oxazole rings is 1. The first-order valence-electron chi connectivity index (χ1n) is 11.3. The number of hydrogen-bond donors (Lipinski definition) is 0. The van der Waals surface area contributed by atoms with Crippen LogP contribution in [0.4, 0.5) is 5.88 Å². The number of ether oxygens (including phenoxy) is 1. The van der Waals surface area contributed by atoms with Crippen LogP contribution >= 0.6 is 0 Å². The van der Waals surface area contributed by atoms with Crippen LogP contribution in [0.2, 0.25) is 0 Å². The highest BCUT2D eigenvalue weighted by molar-refractivity contribution is 7.91. The zero-order chi connectivity index (χ0) is 24.3. The maximum absolute atomic E-state index is 13.6. The molecule has 0 spiro atoms. The number of rotatable bonds is 7. The lowest BCUT2D eigenvalue weighted by atomic mass is 10.2. The minimum atomic E-state index is -3.95. The Kier molecular flexibility index (Phi) is 6.92. The largest absolute Gasteiger partial charge is 0.496 e. The normalized spacial score (nSPS) is 14.3. The quantitative estimate of drug-likeness (QED) is 0.502. The number of aryl methyl sites for hydroxylation is 1. The van der Waals surface area contributed by atoms with Gasteiger partial charge >= 0.3 is 0 Å². The number of piperazine rings is 1. The molecule has 8 nitrogen and oxygen atoms in total. The Bertz CT molecular complexity index is 1260. The van der Waals surface area contributed by atoms with E-state index in [0.29, 0.717) is 43.9 Å². The number of benzene rings is 2. The Hall–Kier alpha value is -3.33. The van der Waals surface area contributed by atoms with Crippen molar-refractivity contribution < 1.29 is 22.4 Å². The highest BCUT2D eigenvalue weighted by Crippen LogP contribution is 2.38. The van der Waals surface area contributed by atoms with Crippen LogP contribution in [0.3, 0.4) is 0 Å². The number of carbonyl (C=O) groups excluding carboxylic acids is 1. The van der Waals surface area contributed by atoms with Gasteiger partial charge in [0.1, 0.15) is 5.75 Å². The van der Waals surface area contributed by atoms with Gasteiger partial charge in [0, 0.05) is 32.6 Å². The monoisotopic (exact) mass is 483 g/mol.